The fourth-order valence-electron chi connectivity index (χ4n) is 3.80. The number of hydrogen-bond acceptors (Lipinski definition) is 6. The first-order valence-electron chi connectivity index (χ1n) is 10.9. The van der Waals surface area contributed by atoms with E-state index < -0.39 is 10.0 Å². The molecule has 2 aromatic carbocycles. The number of furan rings is 1. The number of aromatic nitrogens is 1. The first-order valence-corrected chi connectivity index (χ1v) is 13.1. The molecule has 4 aromatic rings. The molecule has 0 radical (unpaired) electrons. The summed E-state index contributed by atoms with van der Waals surface area (Å²) >= 11 is 1.33. The average Bonchev–Trinajstić information content (AvgIpc) is 3.54. The topological polar surface area (TPSA) is 84.9 Å². The second-order valence-electron chi connectivity index (χ2n) is 8.11. The van der Waals surface area contributed by atoms with Crippen molar-refractivity contribution >= 4 is 27.4 Å². The van der Waals surface area contributed by atoms with Gasteiger partial charge in [-0.3, -0.25) is 14.4 Å². The Morgan fingerprint density at radius 2 is 1.82 bits per heavy atom. The fraction of sp³-hybridized carbons (Fsp3) is 0.200. The smallest absolute Gasteiger partial charge is 0.270 e. The molecule has 34 heavy (non-hydrogen) atoms. The zero-order valence-electron chi connectivity index (χ0n) is 18.5. The zero-order chi connectivity index (χ0) is 23.7. The highest BCUT2D eigenvalue weighted by Crippen LogP contribution is 2.22. The van der Waals surface area contributed by atoms with Crippen molar-refractivity contribution in [2.45, 2.75) is 31.5 Å². The van der Waals surface area contributed by atoms with E-state index in [1.54, 1.807) is 47.0 Å². The van der Waals surface area contributed by atoms with E-state index >= 15 is 0 Å². The molecule has 0 N–H and O–H groups in total. The third kappa shape index (κ3) is 4.54. The van der Waals surface area contributed by atoms with Crippen LogP contribution in [0.25, 0.3) is 6.08 Å². The van der Waals surface area contributed by atoms with Crippen LogP contribution in [0.3, 0.4) is 0 Å². The number of aryl methyl sites for hydroxylation is 1. The van der Waals surface area contributed by atoms with Crippen molar-refractivity contribution in [3.8, 4) is 0 Å². The summed E-state index contributed by atoms with van der Waals surface area (Å²) in [6.07, 6.45) is 1.69. The van der Waals surface area contributed by atoms with Gasteiger partial charge in [0.15, 0.2) is 4.80 Å². The van der Waals surface area contributed by atoms with E-state index in [9.17, 15) is 13.2 Å². The van der Waals surface area contributed by atoms with Crippen LogP contribution in [0.15, 0.2) is 85.8 Å². The van der Waals surface area contributed by atoms with Crippen LogP contribution in [0, 0.1) is 6.92 Å². The Morgan fingerprint density at radius 3 is 2.56 bits per heavy atom. The summed E-state index contributed by atoms with van der Waals surface area (Å²) in [6.45, 7) is 3.43. The SMILES string of the molecule is Cc1ccc(S(=O)(=O)N(Cc2ccccc2)Cc2ccc(/C=c3\sc4n(c3=O)CCN=4)o2)cc1. The molecule has 5 rings (SSSR count). The maximum atomic E-state index is 13.5. The molecule has 0 saturated heterocycles. The molecule has 0 unspecified atom stereocenters. The zero-order valence-corrected chi connectivity index (χ0v) is 20.2. The molecule has 1 aliphatic heterocycles. The van der Waals surface area contributed by atoms with E-state index in [2.05, 4.69) is 4.99 Å². The summed E-state index contributed by atoms with van der Waals surface area (Å²) in [5.41, 5.74) is 1.79. The van der Waals surface area contributed by atoms with E-state index in [1.807, 2.05) is 37.3 Å². The minimum Gasteiger partial charge on any atom is -0.460 e. The largest absolute Gasteiger partial charge is 0.460 e. The molecule has 3 heterocycles. The van der Waals surface area contributed by atoms with Crippen molar-refractivity contribution in [1.82, 2.24) is 8.87 Å². The van der Waals surface area contributed by atoms with E-state index in [-0.39, 0.29) is 23.5 Å². The van der Waals surface area contributed by atoms with Gasteiger partial charge in [-0.05, 0) is 36.8 Å². The molecule has 9 heteroatoms. The Kier molecular flexibility index (Phi) is 6.07. The normalized spacial score (nSPS) is 13.9. The Balaban J connectivity index is 1.46. The van der Waals surface area contributed by atoms with Crippen molar-refractivity contribution in [3.63, 3.8) is 0 Å². The monoisotopic (exact) mass is 493 g/mol. The van der Waals surface area contributed by atoms with Crippen molar-refractivity contribution in [2.24, 2.45) is 4.99 Å². The number of hydrogen-bond donors (Lipinski definition) is 0. The average molecular weight is 494 g/mol. The van der Waals surface area contributed by atoms with Crippen molar-refractivity contribution in [1.29, 1.82) is 0 Å². The lowest BCUT2D eigenvalue weighted by Gasteiger charge is -2.21. The molecule has 1 aliphatic rings. The quantitative estimate of drug-likeness (QED) is 0.396. The van der Waals surface area contributed by atoms with Crippen molar-refractivity contribution < 1.29 is 12.8 Å². The summed E-state index contributed by atoms with van der Waals surface area (Å²) in [7, 11) is -3.77. The molecule has 0 bridgehead atoms. The molecule has 174 valence electrons. The van der Waals surface area contributed by atoms with Crippen LogP contribution in [0.1, 0.15) is 22.6 Å². The summed E-state index contributed by atoms with van der Waals surface area (Å²) < 4.78 is 36.5. The van der Waals surface area contributed by atoms with Gasteiger partial charge in [0.2, 0.25) is 10.0 Å². The van der Waals surface area contributed by atoms with Crippen molar-refractivity contribution in [3.05, 3.63) is 109 Å². The molecule has 0 fully saturated rings. The van der Waals surface area contributed by atoms with Gasteiger partial charge in [-0.25, -0.2) is 8.42 Å². The number of nitrogens with zero attached hydrogens (tertiary/aromatic N) is 3. The summed E-state index contributed by atoms with van der Waals surface area (Å²) in [5.74, 6) is 0.992. The van der Waals surface area contributed by atoms with E-state index in [1.165, 1.54) is 15.6 Å². The first kappa shape index (κ1) is 22.5. The summed E-state index contributed by atoms with van der Waals surface area (Å²) in [4.78, 5) is 17.8. The number of benzene rings is 2. The Bertz CT molecular complexity index is 1600. The lowest BCUT2D eigenvalue weighted by molar-refractivity contribution is 0.357. The van der Waals surface area contributed by atoms with Gasteiger partial charge in [-0.1, -0.05) is 59.4 Å². The minimum atomic E-state index is -3.77. The van der Waals surface area contributed by atoms with Crippen molar-refractivity contribution in [2.75, 3.05) is 6.54 Å². The lowest BCUT2D eigenvalue weighted by Crippen LogP contribution is -2.30. The number of sulfonamides is 1. The predicted molar refractivity (Wildman–Crippen MR) is 131 cm³/mol. The third-order valence-electron chi connectivity index (χ3n) is 5.61. The highest BCUT2D eigenvalue weighted by atomic mass is 32.2. The molecule has 0 amide bonds. The summed E-state index contributed by atoms with van der Waals surface area (Å²) in [6, 6.07) is 19.8. The molecule has 7 nitrogen and oxygen atoms in total. The Labute approximate surface area is 201 Å². The van der Waals surface area contributed by atoms with Gasteiger partial charge < -0.3 is 4.42 Å². The Hall–Kier alpha value is -3.27. The van der Waals surface area contributed by atoms with Gasteiger partial charge in [0.25, 0.3) is 5.56 Å². The van der Waals surface area contributed by atoms with Gasteiger partial charge in [0.1, 0.15) is 11.5 Å². The maximum Gasteiger partial charge on any atom is 0.270 e. The van der Waals surface area contributed by atoms with Crippen LogP contribution >= 0.6 is 11.3 Å². The van der Waals surface area contributed by atoms with Gasteiger partial charge in [0.05, 0.1) is 22.5 Å². The van der Waals surface area contributed by atoms with E-state index in [0.717, 1.165) is 15.9 Å². The maximum absolute atomic E-state index is 13.5. The number of fused-ring (bicyclic) bond motifs is 1. The molecular weight excluding hydrogens is 470 g/mol. The molecule has 0 aliphatic carbocycles. The third-order valence-corrected chi connectivity index (χ3v) is 8.46. The highest BCUT2D eigenvalue weighted by molar-refractivity contribution is 7.89. The predicted octanol–water partition coefficient (Wildman–Crippen LogP) is 2.66. The standard InChI is InChI=1S/C25H23N3O4S2/c1-18-7-11-22(12-8-18)34(30,31)27(16-19-5-3-2-4-6-19)17-21-10-9-20(32-21)15-23-24(29)28-14-13-26-25(28)33-23/h2-12,15H,13-14,16-17H2,1H3/b23-15-. The molecule has 2 aromatic heterocycles. The summed E-state index contributed by atoms with van der Waals surface area (Å²) in [5, 5.41) is 0. The van der Waals surface area contributed by atoms with Gasteiger partial charge in [0, 0.05) is 19.2 Å². The molecule has 0 atom stereocenters. The van der Waals surface area contributed by atoms with Crippen LogP contribution in [-0.4, -0.2) is 23.8 Å². The van der Waals surface area contributed by atoms with Gasteiger partial charge >= 0.3 is 0 Å². The number of rotatable bonds is 7. The van der Waals surface area contributed by atoms with Gasteiger partial charge in [-0.2, -0.15) is 4.31 Å². The second kappa shape index (κ2) is 9.17. The molecule has 0 saturated carbocycles. The molecular formula is C25H23N3O4S2. The van der Waals surface area contributed by atoms with Gasteiger partial charge in [-0.15, -0.1) is 0 Å². The Morgan fingerprint density at radius 1 is 1.06 bits per heavy atom. The highest BCUT2D eigenvalue weighted by Gasteiger charge is 2.26. The van der Waals surface area contributed by atoms with Crippen LogP contribution in [0.5, 0.6) is 0 Å². The number of thiazole rings is 1. The fourth-order valence-corrected chi connectivity index (χ4v) is 6.20. The van der Waals surface area contributed by atoms with Crippen LogP contribution < -0.4 is 14.9 Å². The molecule has 0 spiro atoms. The minimum absolute atomic E-state index is 0.0637. The van der Waals surface area contributed by atoms with E-state index in [0.29, 0.717) is 29.1 Å². The lowest BCUT2D eigenvalue weighted by atomic mass is 10.2. The van der Waals surface area contributed by atoms with Crippen LogP contribution in [-0.2, 0) is 29.7 Å². The second-order valence-corrected chi connectivity index (χ2v) is 11.1. The van der Waals surface area contributed by atoms with Crippen LogP contribution in [0.4, 0.5) is 0 Å². The van der Waals surface area contributed by atoms with Crippen LogP contribution in [0.2, 0.25) is 0 Å². The first-order chi connectivity index (χ1) is 16.4. The van der Waals surface area contributed by atoms with E-state index in [4.69, 9.17) is 4.42 Å².